The van der Waals surface area contributed by atoms with Gasteiger partial charge in [-0.3, -0.25) is 0 Å². The molecule has 1 aromatic heterocycles. The topological polar surface area (TPSA) is 8.17 Å². The molecule has 10 aromatic rings. The second kappa shape index (κ2) is 13.4. The van der Waals surface area contributed by atoms with Crippen LogP contribution >= 0.6 is 0 Å². The zero-order chi connectivity index (χ0) is 37.8. The van der Waals surface area contributed by atoms with Gasteiger partial charge in [0.2, 0.25) is 0 Å². The van der Waals surface area contributed by atoms with Crippen molar-refractivity contribution in [3.63, 3.8) is 0 Å². The molecule has 0 aliphatic rings. The van der Waals surface area contributed by atoms with Crippen molar-refractivity contribution >= 4 is 60.4 Å². The number of fused-ring (bicyclic) bond motifs is 5. The first kappa shape index (κ1) is 33.7. The van der Waals surface area contributed by atoms with E-state index in [-0.39, 0.29) is 5.41 Å². The maximum atomic E-state index is 2.41. The van der Waals surface area contributed by atoms with Gasteiger partial charge in [-0.2, -0.15) is 0 Å². The van der Waals surface area contributed by atoms with Crippen LogP contribution in [0.4, 0.5) is 17.1 Å². The summed E-state index contributed by atoms with van der Waals surface area (Å²) in [6, 6.07) is 73.1. The predicted molar refractivity (Wildman–Crippen MR) is 240 cm³/mol. The van der Waals surface area contributed by atoms with E-state index >= 15 is 0 Å². The molecule has 56 heavy (non-hydrogen) atoms. The second-order valence-electron chi connectivity index (χ2n) is 15.8. The van der Waals surface area contributed by atoms with E-state index in [2.05, 4.69) is 230 Å². The predicted octanol–water partition coefficient (Wildman–Crippen LogP) is 15.2. The van der Waals surface area contributed by atoms with Crippen molar-refractivity contribution in [1.82, 2.24) is 4.57 Å². The van der Waals surface area contributed by atoms with Crippen molar-refractivity contribution in [3.8, 4) is 27.9 Å². The maximum absolute atomic E-state index is 2.41. The van der Waals surface area contributed by atoms with Crippen molar-refractivity contribution in [2.75, 3.05) is 4.90 Å². The third-order valence-corrected chi connectivity index (χ3v) is 11.3. The number of rotatable bonds is 6. The average molecular weight is 719 g/mol. The molecular formula is C54H42N2. The molecule has 0 spiro atoms. The number of aromatic nitrogens is 1. The largest absolute Gasteiger partial charge is 0.310 e. The summed E-state index contributed by atoms with van der Waals surface area (Å²) in [4.78, 5) is 2.33. The van der Waals surface area contributed by atoms with E-state index in [1.807, 2.05) is 0 Å². The number of hydrogen-bond acceptors (Lipinski definition) is 1. The highest BCUT2D eigenvalue weighted by Crippen LogP contribution is 2.45. The zero-order valence-electron chi connectivity index (χ0n) is 31.9. The Morgan fingerprint density at radius 1 is 0.357 bits per heavy atom. The molecule has 0 bridgehead atoms. The highest BCUT2D eigenvalue weighted by Gasteiger charge is 2.21. The Hall–Kier alpha value is -6.90. The van der Waals surface area contributed by atoms with E-state index in [1.54, 1.807) is 0 Å². The lowest BCUT2D eigenvalue weighted by molar-refractivity contribution is 0.590. The summed E-state index contributed by atoms with van der Waals surface area (Å²) >= 11 is 0. The van der Waals surface area contributed by atoms with Gasteiger partial charge in [0.1, 0.15) is 0 Å². The number of hydrogen-bond donors (Lipinski definition) is 0. The molecule has 1 heterocycles. The molecule has 0 unspecified atom stereocenters. The van der Waals surface area contributed by atoms with Gasteiger partial charge in [0.05, 0.1) is 11.0 Å². The molecule has 0 atom stereocenters. The van der Waals surface area contributed by atoms with Gasteiger partial charge in [-0.15, -0.1) is 0 Å². The van der Waals surface area contributed by atoms with Gasteiger partial charge in [-0.05, 0) is 115 Å². The standard InChI is InChI=1S/C54H42N2/c1-54(2,3)39-18-16-17-38(35-39)53-47-26-12-10-24-45(47)52(46-25-11-13-27-48(46)53)37-29-31-42(32-30-37)56-50-28-15-14-23-44(50)49-36-43(33-34-51(49)56)55(40-19-6-4-7-20-40)41-21-8-5-9-22-41/h4-36H,1-3H3. The fourth-order valence-electron chi connectivity index (χ4n) is 8.65. The van der Waals surface area contributed by atoms with Crippen molar-refractivity contribution in [2.24, 2.45) is 0 Å². The van der Waals surface area contributed by atoms with Crippen LogP contribution in [0, 0.1) is 0 Å². The summed E-state index contributed by atoms with van der Waals surface area (Å²) in [5.41, 5.74) is 13.3. The molecule has 9 aromatic carbocycles. The first-order valence-corrected chi connectivity index (χ1v) is 19.5. The first-order valence-electron chi connectivity index (χ1n) is 19.5. The van der Waals surface area contributed by atoms with Crippen LogP contribution in [0.1, 0.15) is 26.3 Å². The highest BCUT2D eigenvalue weighted by molar-refractivity contribution is 6.21. The van der Waals surface area contributed by atoms with Crippen molar-refractivity contribution in [1.29, 1.82) is 0 Å². The van der Waals surface area contributed by atoms with Crippen LogP contribution in [0.3, 0.4) is 0 Å². The monoisotopic (exact) mass is 718 g/mol. The molecule has 2 nitrogen and oxygen atoms in total. The molecule has 0 saturated heterocycles. The molecule has 0 aliphatic carbocycles. The van der Waals surface area contributed by atoms with E-state index < -0.39 is 0 Å². The fraction of sp³-hybridized carbons (Fsp3) is 0.0741. The van der Waals surface area contributed by atoms with Gasteiger partial charge in [-0.1, -0.05) is 160 Å². The van der Waals surface area contributed by atoms with Crippen LogP contribution in [0.25, 0.3) is 71.3 Å². The van der Waals surface area contributed by atoms with Gasteiger partial charge in [-0.25, -0.2) is 0 Å². The minimum atomic E-state index is 0.0621. The van der Waals surface area contributed by atoms with E-state index in [1.165, 1.54) is 71.2 Å². The fourth-order valence-corrected chi connectivity index (χ4v) is 8.65. The molecule has 2 heteroatoms. The molecule has 0 fully saturated rings. The van der Waals surface area contributed by atoms with E-state index in [4.69, 9.17) is 0 Å². The highest BCUT2D eigenvalue weighted by atomic mass is 15.1. The summed E-state index contributed by atoms with van der Waals surface area (Å²) in [5.74, 6) is 0. The quantitative estimate of drug-likeness (QED) is 0.155. The lowest BCUT2D eigenvalue weighted by Crippen LogP contribution is -2.10. The van der Waals surface area contributed by atoms with Crippen molar-refractivity contribution in [2.45, 2.75) is 26.2 Å². The Kier molecular flexibility index (Phi) is 8.08. The smallest absolute Gasteiger partial charge is 0.0542 e. The average Bonchev–Trinajstić information content (AvgIpc) is 3.57. The van der Waals surface area contributed by atoms with Crippen LogP contribution in [-0.2, 0) is 5.41 Å². The lowest BCUT2D eigenvalue weighted by atomic mass is 9.82. The number of benzene rings is 9. The maximum Gasteiger partial charge on any atom is 0.0542 e. The molecular weight excluding hydrogens is 677 g/mol. The molecule has 10 rings (SSSR count). The zero-order valence-corrected chi connectivity index (χ0v) is 31.9. The van der Waals surface area contributed by atoms with Crippen LogP contribution in [0.2, 0.25) is 0 Å². The summed E-state index contributed by atoms with van der Waals surface area (Å²) in [5, 5.41) is 7.53. The molecule has 0 aliphatic heterocycles. The van der Waals surface area contributed by atoms with Gasteiger partial charge in [0.15, 0.2) is 0 Å². The normalized spacial score (nSPS) is 11.8. The van der Waals surface area contributed by atoms with Crippen molar-refractivity contribution in [3.05, 3.63) is 206 Å². The summed E-state index contributed by atoms with van der Waals surface area (Å²) in [6.07, 6.45) is 0. The van der Waals surface area contributed by atoms with Crippen molar-refractivity contribution < 1.29 is 0 Å². The number of nitrogens with zero attached hydrogens (tertiary/aromatic N) is 2. The number of anilines is 3. The van der Waals surface area contributed by atoms with Crippen LogP contribution in [-0.4, -0.2) is 4.57 Å². The molecule has 0 radical (unpaired) electrons. The SMILES string of the molecule is CC(C)(C)c1cccc(-c2c3ccccc3c(-c3ccc(-n4c5ccccc5c5cc(N(c6ccccc6)c6ccccc6)ccc54)cc3)c3ccccc23)c1. The van der Waals surface area contributed by atoms with Gasteiger partial charge >= 0.3 is 0 Å². The Morgan fingerprint density at radius 2 is 0.857 bits per heavy atom. The Labute approximate surface area is 328 Å². The van der Waals surface area contributed by atoms with Crippen LogP contribution in [0.5, 0.6) is 0 Å². The van der Waals surface area contributed by atoms with Gasteiger partial charge in [0, 0.05) is 33.5 Å². The van der Waals surface area contributed by atoms with Crippen LogP contribution < -0.4 is 4.90 Å². The first-order chi connectivity index (χ1) is 27.4. The van der Waals surface area contributed by atoms with Gasteiger partial charge < -0.3 is 9.47 Å². The summed E-state index contributed by atoms with van der Waals surface area (Å²) in [7, 11) is 0. The van der Waals surface area contributed by atoms with E-state index in [0.717, 1.165) is 22.7 Å². The third kappa shape index (κ3) is 5.65. The molecule has 268 valence electrons. The van der Waals surface area contributed by atoms with Gasteiger partial charge in [0.25, 0.3) is 0 Å². The molecule has 0 N–H and O–H groups in total. The second-order valence-corrected chi connectivity index (χ2v) is 15.8. The number of para-hydroxylation sites is 3. The van der Waals surface area contributed by atoms with E-state index in [9.17, 15) is 0 Å². The third-order valence-electron chi connectivity index (χ3n) is 11.3. The minimum Gasteiger partial charge on any atom is -0.310 e. The molecule has 0 amide bonds. The van der Waals surface area contributed by atoms with E-state index in [0.29, 0.717) is 0 Å². The Bertz CT molecular complexity index is 2940. The van der Waals surface area contributed by atoms with Crippen LogP contribution in [0.15, 0.2) is 200 Å². The Balaban J connectivity index is 1.12. The summed E-state index contributed by atoms with van der Waals surface area (Å²) in [6.45, 7) is 6.87. The molecule has 0 saturated carbocycles. The summed E-state index contributed by atoms with van der Waals surface area (Å²) < 4.78 is 2.41. The Morgan fingerprint density at radius 3 is 1.43 bits per heavy atom. The lowest BCUT2D eigenvalue weighted by Gasteiger charge is -2.25. The minimum absolute atomic E-state index is 0.0621.